The number of rotatable bonds is 2. The van der Waals surface area contributed by atoms with Gasteiger partial charge in [-0.2, -0.15) is 26.3 Å². The molecule has 0 unspecified atom stereocenters. The van der Waals surface area contributed by atoms with Crippen LogP contribution in [-0.2, 0) is 12.4 Å². The summed E-state index contributed by atoms with van der Waals surface area (Å²) in [7, 11) is 0. The topological polar surface area (TPSA) is 29.1 Å². The van der Waals surface area contributed by atoms with Crippen LogP contribution in [0.25, 0.3) is 0 Å². The molecule has 2 rings (SSSR count). The summed E-state index contributed by atoms with van der Waals surface area (Å²) in [5.74, 6) is -1.18. The number of alkyl halides is 6. The Morgan fingerprint density at radius 3 is 2.04 bits per heavy atom. The summed E-state index contributed by atoms with van der Waals surface area (Å²) in [6.45, 7) is 0. The zero-order valence-corrected chi connectivity index (χ0v) is 12.4. The molecular weight excluding hydrogens is 360 g/mol. The van der Waals surface area contributed by atoms with Gasteiger partial charge in [0.25, 0.3) is 5.91 Å². The van der Waals surface area contributed by atoms with E-state index in [1.54, 1.807) is 0 Å². The van der Waals surface area contributed by atoms with Crippen molar-refractivity contribution in [1.82, 2.24) is 0 Å². The number of carbonyl (C=O) groups is 1. The van der Waals surface area contributed by atoms with Crippen molar-refractivity contribution >= 4 is 23.2 Å². The Kier molecular flexibility index (Phi) is 4.80. The van der Waals surface area contributed by atoms with Crippen molar-refractivity contribution in [3.63, 3.8) is 0 Å². The fourth-order valence-corrected chi connectivity index (χ4v) is 2.17. The van der Waals surface area contributed by atoms with Gasteiger partial charge in [-0.05, 0) is 30.3 Å². The molecule has 0 bridgehead atoms. The number of anilines is 1. The van der Waals surface area contributed by atoms with Crippen LogP contribution in [-0.4, -0.2) is 5.91 Å². The van der Waals surface area contributed by atoms with Crippen LogP contribution < -0.4 is 5.32 Å². The molecule has 0 aromatic heterocycles. The molecule has 0 saturated carbocycles. The number of hydrogen-bond acceptors (Lipinski definition) is 1. The van der Waals surface area contributed by atoms with Crippen LogP contribution in [0.5, 0.6) is 0 Å². The SMILES string of the molecule is O=C(Nc1ccc(Cl)c(C(F)(F)F)c1)c1ccccc1C(F)(F)F. The third-order valence-electron chi connectivity index (χ3n) is 3.01. The van der Waals surface area contributed by atoms with Gasteiger partial charge in [-0.1, -0.05) is 23.7 Å². The molecule has 0 aliphatic heterocycles. The molecule has 0 saturated heterocycles. The Morgan fingerprint density at radius 2 is 1.46 bits per heavy atom. The fraction of sp³-hybridized carbons (Fsp3) is 0.133. The average Bonchev–Trinajstić information content (AvgIpc) is 2.47. The minimum Gasteiger partial charge on any atom is -0.322 e. The lowest BCUT2D eigenvalue weighted by Gasteiger charge is -2.14. The number of nitrogens with one attached hydrogen (secondary N) is 1. The van der Waals surface area contributed by atoms with Crippen LogP contribution in [0, 0.1) is 0 Å². The van der Waals surface area contributed by atoms with Crippen LogP contribution in [0.4, 0.5) is 32.0 Å². The molecule has 0 radical (unpaired) electrons. The molecule has 0 atom stereocenters. The zero-order valence-electron chi connectivity index (χ0n) is 11.6. The number of halogens is 7. The van der Waals surface area contributed by atoms with Gasteiger partial charge in [-0.25, -0.2) is 0 Å². The number of hydrogen-bond donors (Lipinski definition) is 1. The van der Waals surface area contributed by atoms with E-state index in [-0.39, 0.29) is 5.69 Å². The molecular formula is C15H8ClF6NO. The van der Waals surface area contributed by atoms with Gasteiger partial charge in [0.2, 0.25) is 0 Å². The van der Waals surface area contributed by atoms with Crippen molar-refractivity contribution in [3.8, 4) is 0 Å². The summed E-state index contributed by atoms with van der Waals surface area (Å²) in [6, 6.07) is 6.46. The molecule has 2 nitrogen and oxygen atoms in total. The molecule has 128 valence electrons. The molecule has 0 aliphatic carbocycles. The molecule has 0 aliphatic rings. The molecule has 0 fully saturated rings. The Labute approximate surface area is 137 Å². The normalized spacial score (nSPS) is 12.1. The van der Waals surface area contributed by atoms with Crippen LogP contribution >= 0.6 is 11.6 Å². The van der Waals surface area contributed by atoms with Crippen LogP contribution in [0.1, 0.15) is 21.5 Å². The number of benzene rings is 2. The van der Waals surface area contributed by atoms with Crippen LogP contribution in [0.3, 0.4) is 0 Å². The third-order valence-corrected chi connectivity index (χ3v) is 3.34. The second-order valence-electron chi connectivity index (χ2n) is 4.69. The van der Waals surface area contributed by atoms with Crippen LogP contribution in [0.15, 0.2) is 42.5 Å². The van der Waals surface area contributed by atoms with E-state index in [4.69, 9.17) is 11.6 Å². The molecule has 1 N–H and O–H groups in total. The van der Waals surface area contributed by atoms with Gasteiger partial charge in [0, 0.05) is 5.69 Å². The van der Waals surface area contributed by atoms with Gasteiger partial charge < -0.3 is 5.32 Å². The first kappa shape index (κ1) is 18.1. The lowest BCUT2D eigenvalue weighted by molar-refractivity contribution is -0.138. The second-order valence-corrected chi connectivity index (χ2v) is 5.10. The molecule has 0 spiro atoms. The maximum absolute atomic E-state index is 12.9. The van der Waals surface area contributed by atoms with E-state index in [1.807, 2.05) is 5.32 Å². The van der Waals surface area contributed by atoms with E-state index in [9.17, 15) is 31.1 Å². The molecule has 2 aromatic carbocycles. The lowest BCUT2D eigenvalue weighted by Crippen LogP contribution is -2.19. The van der Waals surface area contributed by atoms with Gasteiger partial charge in [0.1, 0.15) is 0 Å². The summed E-state index contributed by atoms with van der Waals surface area (Å²) in [5, 5.41) is 1.43. The van der Waals surface area contributed by atoms with E-state index in [1.165, 1.54) is 6.07 Å². The average molecular weight is 368 g/mol. The van der Waals surface area contributed by atoms with Crippen molar-refractivity contribution in [1.29, 1.82) is 0 Å². The summed E-state index contributed by atoms with van der Waals surface area (Å²) >= 11 is 5.44. The highest BCUT2D eigenvalue weighted by molar-refractivity contribution is 6.31. The fourth-order valence-electron chi connectivity index (χ4n) is 1.95. The smallest absolute Gasteiger partial charge is 0.322 e. The van der Waals surface area contributed by atoms with Crippen molar-refractivity contribution < 1.29 is 31.1 Å². The summed E-state index contributed by atoms with van der Waals surface area (Å²) in [5.41, 5.74) is -3.42. The Balaban J connectivity index is 2.35. The molecule has 24 heavy (non-hydrogen) atoms. The van der Waals surface area contributed by atoms with E-state index >= 15 is 0 Å². The van der Waals surface area contributed by atoms with E-state index in [0.29, 0.717) is 12.1 Å². The predicted molar refractivity (Wildman–Crippen MR) is 75.9 cm³/mol. The first-order valence-corrected chi connectivity index (χ1v) is 6.72. The highest BCUT2D eigenvalue weighted by Crippen LogP contribution is 2.36. The lowest BCUT2D eigenvalue weighted by atomic mass is 10.1. The second kappa shape index (κ2) is 6.35. The van der Waals surface area contributed by atoms with Gasteiger partial charge in [-0.3, -0.25) is 4.79 Å². The van der Waals surface area contributed by atoms with Crippen molar-refractivity contribution in [2.75, 3.05) is 5.32 Å². The molecule has 9 heteroatoms. The van der Waals surface area contributed by atoms with Crippen molar-refractivity contribution in [3.05, 3.63) is 64.2 Å². The van der Waals surface area contributed by atoms with Gasteiger partial charge in [0.05, 0.1) is 21.7 Å². The molecule has 0 heterocycles. The Hall–Kier alpha value is -2.22. The van der Waals surface area contributed by atoms with Gasteiger partial charge >= 0.3 is 12.4 Å². The largest absolute Gasteiger partial charge is 0.417 e. The van der Waals surface area contributed by atoms with Crippen molar-refractivity contribution in [2.45, 2.75) is 12.4 Å². The van der Waals surface area contributed by atoms with Crippen molar-refractivity contribution in [2.24, 2.45) is 0 Å². The summed E-state index contributed by atoms with van der Waals surface area (Å²) in [4.78, 5) is 12.0. The summed E-state index contributed by atoms with van der Waals surface area (Å²) < 4.78 is 76.9. The minimum absolute atomic E-state index is 0.325. The highest BCUT2D eigenvalue weighted by atomic mass is 35.5. The first-order chi connectivity index (χ1) is 11.0. The van der Waals surface area contributed by atoms with Gasteiger partial charge in [-0.15, -0.1) is 0 Å². The van der Waals surface area contributed by atoms with E-state index in [0.717, 1.165) is 24.3 Å². The molecule has 2 aromatic rings. The maximum atomic E-state index is 12.9. The highest BCUT2D eigenvalue weighted by Gasteiger charge is 2.35. The molecule has 1 amide bonds. The zero-order chi connectivity index (χ0) is 18.1. The van der Waals surface area contributed by atoms with Crippen LogP contribution in [0.2, 0.25) is 5.02 Å². The minimum atomic E-state index is -4.77. The number of carbonyl (C=O) groups excluding carboxylic acids is 1. The van der Waals surface area contributed by atoms with E-state index in [2.05, 4.69) is 0 Å². The monoisotopic (exact) mass is 367 g/mol. The van der Waals surface area contributed by atoms with Gasteiger partial charge in [0.15, 0.2) is 0 Å². The quantitative estimate of drug-likeness (QED) is 0.685. The predicted octanol–water partition coefficient (Wildman–Crippen LogP) is 5.63. The van der Waals surface area contributed by atoms with E-state index < -0.39 is 40.0 Å². The standard InChI is InChI=1S/C15H8ClF6NO/c16-12-6-5-8(7-11(12)15(20,21)22)23-13(24)9-3-1-2-4-10(9)14(17,18)19/h1-7H,(H,23,24). The Morgan fingerprint density at radius 1 is 0.875 bits per heavy atom. The summed E-state index contributed by atoms with van der Waals surface area (Å²) in [6.07, 6.45) is -9.53. The Bertz CT molecular complexity index is 769. The first-order valence-electron chi connectivity index (χ1n) is 6.34. The number of amides is 1. The third kappa shape index (κ3) is 4.00. The maximum Gasteiger partial charge on any atom is 0.417 e.